The van der Waals surface area contributed by atoms with Crippen LogP contribution in [0.1, 0.15) is 27.3 Å². The van der Waals surface area contributed by atoms with E-state index in [0.29, 0.717) is 18.1 Å². The highest BCUT2D eigenvalue weighted by Crippen LogP contribution is 2.11. The van der Waals surface area contributed by atoms with Crippen LogP contribution in [-0.4, -0.2) is 25.2 Å². The molecule has 0 saturated heterocycles. The van der Waals surface area contributed by atoms with Gasteiger partial charge in [0.15, 0.2) is 0 Å². The molecule has 0 bridgehead atoms. The molecule has 0 aliphatic carbocycles. The number of rotatable bonds is 4. The molecule has 2 heterocycles. The van der Waals surface area contributed by atoms with Gasteiger partial charge in [0.1, 0.15) is 0 Å². The fraction of sp³-hybridized carbons (Fsp3) is 0.235. The Morgan fingerprint density at radius 2 is 2.09 bits per heavy atom. The van der Waals surface area contributed by atoms with E-state index in [9.17, 15) is 4.79 Å². The Morgan fingerprint density at radius 1 is 1.26 bits per heavy atom. The summed E-state index contributed by atoms with van der Waals surface area (Å²) < 4.78 is 3.70. The third kappa shape index (κ3) is 3.31. The molecule has 0 aliphatic rings. The lowest BCUT2D eigenvalue weighted by molar-refractivity contribution is 0.102. The van der Waals surface area contributed by atoms with Crippen LogP contribution in [0.3, 0.4) is 0 Å². The van der Waals surface area contributed by atoms with Crippen LogP contribution in [0.5, 0.6) is 0 Å². The second kappa shape index (κ2) is 6.08. The zero-order valence-corrected chi connectivity index (χ0v) is 13.4. The number of benzene rings is 1. The maximum absolute atomic E-state index is 12.4. The number of aromatic nitrogens is 4. The molecule has 1 aromatic carbocycles. The molecule has 0 aliphatic heterocycles. The number of amides is 1. The first-order chi connectivity index (χ1) is 11.0. The Kier molecular flexibility index (Phi) is 3.97. The Balaban J connectivity index is 1.78. The summed E-state index contributed by atoms with van der Waals surface area (Å²) in [5, 5.41) is 7.26. The van der Waals surface area contributed by atoms with Crippen molar-refractivity contribution in [1.82, 2.24) is 19.3 Å². The van der Waals surface area contributed by atoms with Crippen LogP contribution in [0.4, 0.5) is 5.95 Å². The minimum atomic E-state index is -0.172. The van der Waals surface area contributed by atoms with Gasteiger partial charge in [0.25, 0.3) is 5.91 Å². The number of carbonyl (C=O) groups excluding carboxylic acids is 1. The summed E-state index contributed by atoms with van der Waals surface area (Å²) in [6, 6.07) is 9.59. The van der Waals surface area contributed by atoms with Crippen LogP contribution < -0.4 is 5.32 Å². The average molecular weight is 309 g/mol. The van der Waals surface area contributed by atoms with Crippen molar-refractivity contribution in [1.29, 1.82) is 0 Å². The molecule has 0 atom stereocenters. The van der Waals surface area contributed by atoms with Gasteiger partial charge >= 0.3 is 0 Å². The third-order valence-electron chi connectivity index (χ3n) is 3.67. The van der Waals surface area contributed by atoms with Gasteiger partial charge in [0.2, 0.25) is 5.95 Å². The van der Waals surface area contributed by atoms with Gasteiger partial charge in [0.05, 0.1) is 12.2 Å². The summed E-state index contributed by atoms with van der Waals surface area (Å²) in [7, 11) is 1.84. The van der Waals surface area contributed by atoms with Crippen LogP contribution in [0.2, 0.25) is 0 Å². The smallest absolute Gasteiger partial charge is 0.257 e. The number of carbonyl (C=O) groups is 1. The van der Waals surface area contributed by atoms with E-state index in [2.05, 4.69) is 15.4 Å². The topological polar surface area (TPSA) is 64.7 Å². The molecule has 6 heteroatoms. The Hall–Kier alpha value is -2.89. The standard InChI is InChI=1S/C17H19N5O/c1-12-9-13(2)22(20-12)11-14-5-4-6-15(10-14)16(23)19-17-18-7-8-21(17)3/h4-10H,11H2,1-3H3,(H,18,19,23). The zero-order valence-electron chi connectivity index (χ0n) is 13.4. The number of hydrogen-bond donors (Lipinski definition) is 1. The first-order valence-electron chi connectivity index (χ1n) is 7.41. The number of anilines is 1. The van der Waals surface area contributed by atoms with Gasteiger partial charge in [0, 0.05) is 30.7 Å². The van der Waals surface area contributed by atoms with E-state index in [4.69, 9.17) is 0 Å². The summed E-state index contributed by atoms with van der Waals surface area (Å²) in [6.07, 6.45) is 3.43. The number of nitrogens with one attached hydrogen (secondary N) is 1. The van der Waals surface area contributed by atoms with Gasteiger partial charge in [-0.3, -0.25) is 14.8 Å². The van der Waals surface area contributed by atoms with Crippen molar-refractivity contribution in [3.05, 3.63) is 65.2 Å². The maximum atomic E-state index is 12.4. The van der Waals surface area contributed by atoms with Crippen molar-refractivity contribution in [2.45, 2.75) is 20.4 Å². The van der Waals surface area contributed by atoms with Gasteiger partial charge in [-0.1, -0.05) is 12.1 Å². The van der Waals surface area contributed by atoms with Crippen LogP contribution in [-0.2, 0) is 13.6 Å². The highest BCUT2D eigenvalue weighted by atomic mass is 16.1. The molecule has 3 aromatic rings. The Labute approximate surface area is 134 Å². The van der Waals surface area contributed by atoms with Gasteiger partial charge in [-0.05, 0) is 37.6 Å². The fourth-order valence-electron chi connectivity index (χ4n) is 2.48. The molecule has 23 heavy (non-hydrogen) atoms. The monoisotopic (exact) mass is 309 g/mol. The molecular formula is C17H19N5O. The van der Waals surface area contributed by atoms with Crippen molar-refractivity contribution in [3.63, 3.8) is 0 Å². The molecular weight excluding hydrogens is 290 g/mol. The van der Waals surface area contributed by atoms with Crippen LogP contribution in [0.15, 0.2) is 42.7 Å². The molecule has 0 saturated carbocycles. The predicted octanol–water partition coefficient (Wildman–Crippen LogP) is 2.53. The lowest BCUT2D eigenvalue weighted by Gasteiger charge is -2.08. The van der Waals surface area contributed by atoms with Crippen LogP contribution in [0.25, 0.3) is 0 Å². The minimum Gasteiger partial charge on any atom is -0.320 e. The van der Waals surface area contributed by atoms with Crippen molar-refractivity contribution in [3.8, 4) is 0 Å². The largest absolute Gasteiger partial charge is 0.320 e. The molecule has 0 unspecified atom stereocenters. The lowest BCUT2D eigenvalue weighted by Crippen LogP contribution is -2.15. The third-order valence-corrected chi connectivity index (χ3v) is 3.67. The summed E-state index contributed by atoms with van der Waals surface area (Å²) in [6.45, 7) is 4.64. The summed E-state index contributed by atoms with van der Waals surface area (Å²) in [4.78, 5) is 16.5. The van der Waals surface area contributed by atoms with E-state index in [0.717, 1.165) is 17.0 Å². The normalized spacial score (nSPS) is 10.7. The van der Waals surface area contributed by atoms with Crippen molar-refractivity contribution in [2.24, 2.45) is 7.05 Å². The van der Waals surface area contributed by atoms with E-state index in [-0.39, 0.29) is 5.91 Å². The molecule has 0 radical (unpaired) electrons. The van der Waals surface area contributed by atoms with Crippen LogP contribution in [0, 0.1) is 13.8 Å². The Morgan fingerprint density at radius 3 is 2.74 bits per heavy atom. The first kappa shape index (κ1) is 15.0. The summed E-state index contributed by atoms with van der Waals surface area (Å²) in [5.74, 6) is 0.355. The second-order valence-electron chi connectivity index (χ2n) is 5.60. The summed E-state index contributed by atoms with van der Waals surface area (Å²) >= 11 is 0. The SMILES string of the molecule is Cc1cc(C)n(Cc2cccc(C(=O)Nc3nccn3C)c2)n1. The molecule has 6 nitrogen and oxygen atoms in total. The molecule has 1 N–H and O–H groups in total. The quantitative estimate of drug-likeness (QED) is 0.805. The fourth-order valence-corrected chi connectivity index (χ4v) is 2.48. The van der Waals surface area contributed by atoms with Gasteiger partial charge in [-0.2, -0.15) is 5.10 Å². The van der Waals surface area contributed by atoms with E-state index in [1.54, 1.807) is 23.0 Å². The van der Waals surface area contributed by atoms with E-state index >= 15 is 0 Å². The second-order valence-corrected chi connectivity index (χ2v) is 5.60. The van der Waals surface area contributed by atoms with E-state index in [1.165, 1.54) is 0 Å². The van der Waals surface area contributed by atoms with Crippen molar-refractivity contribution < 1.29 is 4.79 Å². The van der Waals surface area contributed by atoms with Crippen LogP contribution >= 0.6 is 0 Å². The van der Waals surface area contributed by atoms with Crippen molar-refractivity contribution >= 4 is 11.9 Å². The number of imidazole rings is 1. The minimum absolute atomic E-state index is 0.172. The molecule has 1 amide bonds. The highest BCUT2D eigenvalue weighted by Gasteiger charge is 2.10. The highest BCUT2D eigenvalue weighted by molar-refractivity contribution is 6.03. The van der Waals surface area contributed by atoms with Gasteiger partial charge < -0.3 is 4.57 Å². The molecule has 0 fully saturated rings. The first-order valence-corrected chi connectivity index (χ1v) is 7.41. The van der Waals surface area contributed by atoms with E-state index < -0.39 is 0 Å². The lowest BCUT2D eigenvalue weighted by atomic mass is 10.1. The molecule has 3 rings (SSSR count). The van der Waals surface area contributed by atoms with E-state index in [1.807, 2.05) is 49.8 Å². The van der Waals surface area contributed by atoms with Gasteiger partial charge in [-0.15, -0.1) is 0 Å². The number of hydrogen-bond acceptors (Lipinski definition) is 3. The molecule has 118 valence electrons. The predicted molar refractivity (Wildman–Crippen MR) is 88.4 cm³/mol. The zero-order chi connectivity index (χ0) is 16.4. The van der Waals surface area contributed by atoms with Crippen molar-refractivity contribution in [2.75, 3.05) is 5.32 Å². The maximum Gasteiger partial charge on any atom is 0.257 e. The number of nitrogens with zero attached hydrogens (tertiary/aromatic N) is 4. The summed E-state index contributed by atoms with van der Waals surface area (Å²) in [5.41, 5.74) is 3.73. The number of aryl methyl sites for hydroxylation is 3. The molecule has 0 spiro atoms. The van der Waals surface area contributed by atoms with Gasteiger partial charge in [-0.25, -0.2) is 4.98 Å². The Bertz CT molecular complexity index is 846. The molecule has 2 aromatic heterocycles. The average Bonchev–Trinajstić information content (AvgIpc) is 3.05.